The topological polar surface area (TPSA) is 70.1 Å². The first-order valence-electron chi connectivity index (χ1n) is 9.06. The van der Waals surface area contributed by atoms with Gasteiger partial charge in [-0.15, -0.1) is 6.58 Å². The maximum atomic E-state index is 13.1. The number of halogens is 1. The van der Waals surface area contributed by atoms with E-state index in [9.17, 15) is 14.7 Å². The van der Waals surface area contributed by atoms with Gasteiger partial charge in [-0.1, -0.05) is 17.7 Å². The van der Waals surface area contributed by atoms with Gasteiger partial charge in [-0.3, -0.25) is 14.5 Å². The van der Waals surface area contributed by atoms with Gasteiger partial charge in [0.1, 0.15) is 5.75 Å². The van der Waals surface area contributed by atoms with E-state index in [1.54, 1.807) is 18.2 Å². The maximum absolute atomic E-state index is 13.1. The van der Waals surface area contributed by atoms with Crippen LogP contribution in [-0.4, -0.2) is 66.6 Å². The lowest BCUT2D eigenvalue weighted by molar-refractivity contribution is -0.137. The van der Waals surface area contributed by atoms with Crippen LogP contribution in [0, 0.1) is 11.3 Å². The van der Waals surface area contributed by atoms with E-state index in [-0.39, 0.29) is 23.7 Å². The van der Waals surface area contributed by atoms with Gasteiger partial charge in [0.15, 0.2) is 0 Å². The molecular formula is C20H25ClN2O4. The van der Waals surface area contributed by atoms with Crippen molar-refractivity contribution in [1.29, 1.82) is 0 Å². The summed E-state index contributed by atoms with van der Waals surface area (Å²) in [5.41, 5.74) is 0.254. The minimum atomic E-state index is -0.799. The number of carbonyl (C=O) groups is 2. The number of fused-ring (bicyclic) bond motifs is 1. The summed E-state index contributed by atoms with van der Waals surface area (Å²) in [5.74, 6) is -0.166. The number of hydrogen-bond acceptors (Lipinski definition) is 4. The molecule has 27 heavy (non-hydrogen) atoms. The second-order valence-electron chi connectivity index (χ2n) is 7.47. The quantitative estimate of drug-likeness (QED) is 0.722. The molecule has 2 atom stereocenters. The molecule has 0 bridgehead atoms. The minimum Gasteiger partial charge on any atom is -0.496 e. The van der Waals surface area contributed by atoms with E-state index in [0.29, 0.717) is 35.8 Å². The Morgan fingerprint density at radius 2 is 2.19 bits per heavy atom. The Bertz CT molecular complexity index is 753. The summed E-state index contributed by atoms with van der Waals surface area (Å²) in [7, 11) is 1.53. The van der Waals surface area contributed by atoms with E-state index in [1.807, 2.05) is 11.0 Å². The molecule has 1 aromatic rings. The summed E-state index contributed by atoms with van der Waals surface area (Å²) in [5, 5.41) is 9.65. The van der Waals surface area contributed by atoms with Gasteiger partial charge in [0.2, 0.25) is 0 Å². The molecule has 2 aliphatic rings. The SMILES string of the molecule is C=CCN1C[C@H]2CN(C(=O)c3cc(Cl)ccc3OC)C[C@@]2(CCC(=O)O)C1. The first-order valence-corrected chi connectivity index (χ1v) is 9.44. The lowest BCUT2D eigenvalue weighted by Crippen LogP contribution is -2.37. The summed E-state index contributed by atoms with van der Waals surface area (Å²) >= 11 is 6.08. The fraction of sp³-hybridized carbons (Fsp3) is 0.500. The molecule has 0 aliphatic carbocycles. The number of benzene rings is 1. The normalized spacial score (nSPS) is 24.7. The van der Waals surface area contributed by atoms with E-state index in [2.05, 4.69) is 11.5 Å². The Kier molecular flexibility index (Phi) is 5.77. The zero-order valence-corrected chi connectivity index (χ0v) is 16.2. The number of carbonyl (C=O) groups excluding carboxylic acids is 1. The van der Waals surface area contributed by atoms with Crippen molar-refractivity contribution in [2.45, 2.75) is 12.8 Å². The fourth-order valence-corrected chi connectivity index (χ4v) is 4.67. The van der Waals surface area contributed by atoms with Crippen LogP contribution in [0.3, 0.4) is 0 Å². The number of nitrogens with zero attached hydrogens (tertiary/aromatic N) is 2. The summed E-state index contributed by atoms with van der Waals surface area (Å²) in [4.78, 5) is 28.4. The highest BCUT2D eigenvalue weighted by Crippen LogP contribution is 2.46. The molecule has 1 N–H and O–H groups in total. The number of likely N-dealkylation sites (tertiary alicyclic amines) is 2. The van der Waals surface area contributed by atoms with Gasteiger partial charge in [0, 0.05) is 49.6 Å². The highest BCUT2D eigenvalue weighted by Gasteiger charge is 2.53. The summed E-state index contributed by atoms with van der Waals surface area (Å²) in [6, 6.07) is 5.01. The molecular weight excluding hydrogens is 368 g/mol. The van der Waals surface area contributed by atoms with Gasteiger partial charge in [-0.05, 0) is 30.5 Å². The third-order valence-electron chi connectivity index (χ3n) is 5.73. The number of ether oxygens (including phenoxy) is 1. The van der Waals surface area contributed by atoms with Crippen LogP contribution in [0.25, 0.3) is 0 Å². The molecule has 2 fully saturated rings. The van der Waals surface area contributed by atoms with Crippen molar-refractivity contribution < 1.29 is 19.4 Å². The predicted molar refractivity (Wildman–Crippen MR) is 103 cm³/mol. The molecule has 2 saturated heterocycles. The number of methoxy groups -OCH3 is 1. The van der Waals surface area contributed by atoms with E-state index in [0.717, 1.165) is 19.6 Å². The molecule has 0 spiro atoms. The van der Waals surface area contributed by atoms with Gasteiger partial charge in [-0.2, -0.15) is 0 Å². The third-order valence-corrected chi connectivity index (χ3v) is 5.97. The Balaban J connectivity index is 1.82. The van der Waals surface area contributed by atoms with Gasteiger partial charge in [0.25, 0.3) is 5.91 Å². The predicted octanol–water partition coefficient (Wildman–Crippen LogP) is 2.77. The van der Waals surface area contributed by atoms with Gasteiger partial charge in [0.05, 0.1) is 12.7 Å². The zero-order chi connectivity index (χ0) is 19.6. The molecule has 6 nitrogen and oxygen atoms in total. The van der Waals surface area contributed by atoms with Crippen LogP contribution in [0.2, 0.25) is 5.02 Å². The molecule has 0 aromatic heterocycles. The van der Waals surface area contributed by atoms with Crippen LogP contribution in [0.5, 0.6) is 5.75 Å². The second kappa shape index (κ2) is 7.90. The Hall–Kier alpha value is -2.05. The van der Waals surface area contributed by atoms with Crippen molar-refractivity contribution in [3.05, 3.63) is 41.4 Å². The molecule has 0 saturated carbocycles. The Morgan fingerprint density at radius 3 is 2.85 bits per heavy atom. The average molecular weight is 393 g/mol. The minimum absolute atomic E-state index is 0.112. The third kappa shape index (κ3) is 3.96. The smallest absolute Gasteiger partial charge is 0.303 e. The van der Waals surface area contributed by atoms with E-state index < -0.39 is 5.97 Å². The van der Waals surface area contributed by atoms with Crippen LogP contribution < -0.4 is 4.74 Å². The standard InChI is InChI=1S/C20H25ClN2O4/c1-3-8-22-10-14-11-23(13-20(14,12-22)7-6-18(24)25)19(26)16-9-15(21)4-5-17(16)27-2/h3-5,9,14H,1,6-8,10-13H2,2H3,(H,24,25)/t14-,20+/m0/s1. The largest absolute Gasteiger partial charge is 0.496 e. The number of rotatable bonds is 7. The van der Waals surface area contributed by atoms with Crippen molar-refractivity contribution in [2.24, 2.45) is 11.3 Å². The van der Waals surface area contributed by atoms with Crippen LogP contribution in [0.15, 0.2) is 30.9 Å². The summed E-state index contributed by atoms with van der Waals surface area (Å²) < 4.78 is 5.32. The molecule has 0 unspecified atom stereocenters. The monoisotopic (exact) mass is 392 g/mol. The molecule has 1 aromatic carbocycles. The van der Waals surface area contributed by atoms with Crippen molar-refractivity contribution in [3.63, 3.8) is 0 Å². The molecule has 0 radical (unpaired) electrons. The van der Waals surface area contributed by atoms with Gasteiger partial charge in [-0.25, -0.2) is 0 Å². The van der Waals surface area contributed by atoms with Crippen LogP contribution in [0.4, 0.5) is 0 Å². The van der Waals surface area contributed by atoms with Crippen molar-refractivity contribution in [3.8, 4) is 5.75 Å². The van der Waals surface area contributed by atoms with E-state index in [4.69, 9.17) is 16.3 Å². The van der Waals surface area contributed by atoms with Gasteiger partial charge < -0.3 is 14.7 Å². The number of aliphatic carboxylic acids is 1. The lowest BCUT2D eigenvalue weighted by Gasteiger charge is -2.29. The Morgan fingerprint density at radius 1 is 1.41 bits per heavy atom. The lowest BCUT2D eigenvalue weighted by atomic mass is 9.77. The zero-order valence-electron chi connectivity index (χ0n) is 15.5. The van der Waals surface area contributed by atoms with E-state index >= 15 is 0 Å². The van der Waals surface area contributed by atoms with Gasteiger partial charge >= 0.3 is 5.97 Å². The molecule has 2 heterocycles. The maximum Gasteiger partial charge on any atom is 0.303 e. The summed E-state index contributed by atoms with van der Waals surface area (Å²) in [6.45, 7) is 7.37. The summed E-state index contributed by atoms with van der Waals surface area (Å²) in [6.07, 6.45) is 2.55. The van der Waals surface area contributed by atoms with Crippen molar-refractivity contribution in [1.82, 2.24) is 9.80 Å². The molecule has 7 heteroatoms. The van der Waals surface area contributed by atoms with Crippen LogP contribution in [-0.2, 0) is 4.79 Å². The number of carboxylic acids is 1. The molecule has 146 valence electrons. The van der Waals surface area contributed by atoms with E-state index in [1.165, 1.54) is 7.11 Å². The number of carboxylic acid groups (broad SMARTS) is 1. The Labute approximate surface area is 164 Å². The van der Waals surface area contributed by atoms with Crippen LogP contribution >= 0.6 is 11.6 Å². The first kappa shape index (κ1) is 19.7. The van der Waals surface area contributed by atoms with Crippen molar-refractivity contribution in [2.75, 3.05) is 39.8 Å². The highest BCUT2D eigenvalue weighted by atomic mass is 35.5. The van der Waals surface area contributed by atoms with Crippen molar-refractivity contribution >= 4 is 23.5 Å². The van der Waals surface area contributed by atoms with Crippen LogP contribution in [0.1, 0.15) is 23.2 Å². The molecule has 3 rings (SSSR count). The molecule has 1 amide bonds. The molecule has 2 aliphatic heterocycles. The number of amides is 1. The average Bonchev–Trinajstić information content (AvgIpc) is 3.13. The second-order valence-corrected chi connectivity index (χ2v) is 7.90. The number of hydrogen-bond donors (Lipinski definition) is 1. The highest BCUT2D eigenvalue weighted by molar-refractivity contribution is 6.31. The fourth-order valence-electron chi connectivity index (χ4n) is 4.50. The first-order chi connectivity index (χ1) is 12.9.